The number of carbonyl (C=O) groups is 1. The molecular formula is C32H55NO6. The lowest BCUT2D eigenvalue weighted by Gasteiger charge is -2.71. The third-order valence-electron chi connectivity index (χ3n) is 13.7. The van der Waals surface area contributed by atoms with Gasteiger partial charge in [-0.1, -0.05) is 73.5 Å². The fourth-order valence-corrected chi connectivity index (χ4v) is 10.3. The number of methoxy groups -OCH3 is 1. The number of ether oxygens (including phenoxy) is 2. The Morgan fingerprint density at radius 2 is 1.72 bits per heavy atom. The van der Waals surface area contributed by atoms with Crippen molar-refractivity contribution in [2.75, 3.05) is 13.7 Å². The van der Waals surface area contributed by atoms with Gasteiger partial charge in [-0.25, -0.2) is 9.68 Å². The van der Waals surface area contributed by atoms with Crippen molar-refractivity contribution >= 4 is 6.09 Å². The number of aliphatic hydroxyl groups is 1. The molecule has 3 fully saturated rings. The highest BCUT2D eigenvalue weighted by Crippen LogP contribution is 2.72. The highest BCUT2D eigenvalue weighted by molar-refractivity contribution is 5.67. The summed E-state index contributed by atoms with van der Waals surface area (Å²) in [6.07, 6.45) is 0.626. The third kappa shape index (κ3) is 4.07. The van der Waals surface area contributed by atoms with Gasteiger partial charge in [-0.05, 0) is 66.6 Å². The Kier molecular flexibility index (Phi) is 7.89. The van der Waals surface area contributed by atoms with Crippen LogP contribution >= 0.6 is 0 Å². The van der Waals surface area contributed by atoms with Gasteiger partial charge in [-0.2, -0.15) is 0 Å². The van der Waals surface area contributed by atoms with Crippen LogP contribution < -0.4 is 5.32 Å². The Hall–Kier alpha value is -1.15. The molecule has 4 aliphatic rings. The SMILES string of the molecule is COC(=O)NC(C)C(C)[C@H](OO)C1CC2(C)C(C)C3C4(O)COC4CC(C)[C@@]3(C)C(C)C(C)C(=C1C)C2(C)C. The summed E-state index contributed by atoms with van der Waals surface area (Å²) in [6.45, 7) is 25.8. The molecule has 1 heterocycles. The summed E-state index contributed by atoms with van der Waals surface area (Å²) < 4.78 is 10.8. The molecule has 4 rings (SSSR count). The lowest BCUT2D eigenvalue weighted by molar-refractivity contribution is -0.339. The Labute approximate surface area is 236 Å². The molecule has 3 N–H and O–H groups in total. The number of hydrogen-bond acceptors (Lipinski definition) is 6. The minimum Gasteiger partial charge on any atom is -0.453 e. The molecule has 0 aromatic carbocycles. The molecule has 7 nitrogen and oxygen atoms in total. The summed E-state index contributed by atoms with van der Waals surface area (Å²) in [5.41, 5.74) is 1.58. The summed E-state index contributed by atoms with van der Waals surface area (Å²) in [7, 11) is 1.36. The number of fused-ring (bicyclic) bond motifs is 5. The van der Waals surface area contributed by atoms with E-state index < -0.39 is 17.8 Å². The molecule has 0 spiro atoms. The van der Waals surface area contributed by atoms with Crippen LogP contribution in [0.1, 0.15) is 89.0 Å². The first-order chi connectivity index (χ1) is 17.9. The smallest absolute Gasteiger partial charge is 0.407 e. The topological polar surface area (TPSA) is 97.3 Å². The van der Waals surface area contributed by atoms with Gasteiger partial charge in [-0.15, -0.1) is 0 Å². The molecule has 3 aliphatic carbocycles. The zero-order valence-electron chi connectivity index (χ0n) is 26.4. The average Bonchev–Trinajstić information content (AvgIpc) is 2.87. The number of rotatable bonds is 5. The van der Waals surface area contributed by atoms with Gasteiger partial charge < -0.3 is 19.9 Å². The van der Waals surface area contributed by atoms with Crippen LogP contribution in [0, 0.1) is 57.7 Å². The Bertz CT molecular complexity index is 995. The van der Waals surface area contributed by atoms with Gasteiger partial charge in [0.15, 0.2) is 0 Å². The van der Waals surface area contributed by atoms with Gasteiger partial charge in [-0.3, -0.25) is 5.26 Å². The zero-order valence-corrected chi connectivity index (χ0v) is 26.4. The molecule has 7 heteroatoms. The second kappa shape index (κ2) is 9.99. The van der Waals surface area contributed by atoms with Crippen LogP contribution in [0.2, 0.25) is 0 Å². The Morgan fingerprint density at radius 3 is 2.23 bits per heavy atom. The van der Waals surface area contributed by atoms with Crippen molar-refractivity contribution in [3.05, 3.63) is 11.1 Å². The summed E-state index contributed by atoms with van der Waals surface area (Å²) in [6, 6.07) is -0.259. The molecule has 0 aromatic heterocycles. The van der Waals surface area contributed by atoms with Crippen molar-refractivity contribution in [3.8, 4) is 0 Å². The zero-order chi connectivity index (χ0) is 29.5. The van der Waals surface area contributed by atoms with Crippen LogP contribution in [0.5, 0.6) is 0 Å². The molecule has 0 aromatic rings. The highest BCUT2D eigenvalue weighted by Gasteiger charge is 2.71. The standard InChI is InChI=1S/C32H55NO6/c1-16-13-24-32(35,15-38-24)27-21(6)30(10)14-23(26(39-36)18(3)22(7)33-28(34)37-12)19(4)25(29(30,8)9)17(2)20(5)31(16,27)11/h16-18,20-24,26-27,35-36H,13-15H2,1-12H3,(H,33,34)/t16?,17?,18?,20?,21?,22?,23?,24?,26-,27?,30?,31-,32?/m0/s1. The van der Waals surface area contributed by atoms with Crippen molar-refractivity contribution in [2.45, 2.75) is 113 Å². The molecule has 0 radical (unpaired) electrons. The molecular weight excluding hydrogens is 494 g/mol. The van der Waals surface area contributed by atoms with E-state index in [-0.39, 0.29) is 58.0 Å². The maximum atomic E-state index is 12.3. The average molecular weight is 550 g/mol. The quantitative estimate of drug-likeness (QED) is 0.211. The fourth-order valence-electron chi connectivity index (χ4n) is 10.3. The Balaban J connectivity index is 1.88. The molecule has 11 unspecified atom stereocenters. The lowest BCUT2D eigenvalue weighted by Crippen LogP contribution is -2.75. The predicted octanol–water partition coefficient (Wildman–Crippen LogP) is 6.31. The molecule has 13 atom stereocenters. The predicted molar refractivity (Wildman–Crippen MR) is 152 cm³/mol. The van der Waals surface area contributed by atoms with Gasteiger partial charge >= 0.3 is 6.09 Å². The Morgan fingerprint density at radius 1 is 1.10 bits per heavy atom. The lowest BCUT2D eigenvalue weighted by atomic mass is 9.36. The van der Waals surface area contributed by atoms with E-state index in [1.165, 1.54) is 18.3 Å². The van der Waals surface area contributed by atoms with Gasteiger partial charge in [0.2, 0.25) is 0 Å². The summed E-state index contributed by atoms with van der Waals surface area (Å²) in [4.78, 5) is 17.3. The molecule has 1 saturated heterocycles. The second-order valence-corrected chi connectivity index (χ2v) is 14.9. The van der Waals surface area contributed by atoms with E-state index >= 15 is 0 Å². The minimum atomic E-state index is -0.823. The number of allylic oxidation sites excluding steroid dienone is 1. The van der Waals surface area contributed by atoms with Crippen LogP contribution in [-0.2, 0) is 14.4 Å². The maximum Gasteiger partial charge on any atom is 0.407 e. The van der Waals surface area contributed by atoms with Crippen molar-refractivity contribution < 1.29 is 29.5 Å². The largest absolute Gasteiger partial charge is 0.453 e. The summed E-state index contributed by atoms with van der Waals surface area (Å²) >= 11 is 0. The monoisotopic (exact) mass is 549 g/mol. The molecule has 1 amide bonds. The van der Waals surface area contributed by atoms with Crippen molar-refractivity contribution in [1.29, 1.82) is 0 Å². The van der Waals surface area contributed by atoms with Crippen molar-refractivity contribution in [1.82, 2.24) is 5.32 Å². The summed E-state index contributed by atoms with van der Waals surface area (Å²) in [5.74, 6) is 1.12. The first-order valence-electron chi connectivity index (χ1n) is 15.1. The molecule has 2 saturated carbocycles. The van der Waals surface area contributed by atoms with Crippen molar-refractivity contribution in [3.63, 3.8) is 0 Å². The molecule has 39 heavy (non-hydrogen) atoms. The number of carbonyl (C=O) groups excluding carboxylic acids is 1. The minimum absolute atomic E-state index is 0.0366. The van der Waals surface area contributed by atoms with E-state index in [9.17, 15) is 15.2 Å². The number of amides is 1. The summed E-state index contributed by atoms with van der Waals surface area (Å²) in [5, 5.41) is 25.5. The number of nitrogens with one attached hydrogen (secondary N) is 1. The van der Waals surface area contributed by atoms with E-state index in [0.29, 0.717) is 18.4 Å². The van der Waals surface area contributed by atoms with Crippen LogP contribution in [0.3, 0.4) is 0 Å². The van der Waals surface area contributed by atoms with E-state index in [2.05, 4.69) is 67.6 Å². The molecule has 224 valence electrons. The van der Waals surface area contributed by atoms with Crippen LogP contribution in [0.15, 0.2) is 11.1 Å². The number of alkyl carbamates (subject to hydrolysis) is 1. The highest BCUT2D eigenvalue weighted by atomic mass is 17.1. The third-order valence-corrected chi connectivity index (χ3v) is 13.7. The number of hydrogen-bond donors (Lipinski definition) is 3. The van der Waals surface area contributed by atoms with E-state index in [1.54, 1.807) is 0 Å². The molecule has 1 aliphatic heterocycles. The van der Waals surface area contributed by atoms with Gasteiger partial charge in [0.1, 0.15) is 11.7 Å². The fraction of sp³-hybridized carbons (Fsp3) is 0.906. The van der Waals surface area contributed by atoms with Gasteiger partial charge in [0.25, 0.3) is 0 Å². The first kappa shape index (κ1) is 30.8. The van der Waals surface area contributed by atoms with Crippen LogP contribution in [0.25, 0.3) is 0 Å². The van der Waals surface area contributed by atoms with Gasteiger partial charge in [0.05, 0.1) is 19.8 Å². The van der Waals surface area contributed by atoms with Crippen molar-refractivity contribution in [2.24, 2.45) is 57.7 Å². The second-order valence-electron chi connectivity index (χ2n) is 14.9. The van der Waals surface area contributed by atoms with Crippen LogP contribution in [0.4, 0.5) is 4.79 Å². The van der Waals surface area contributed by atoms with Gasteiger partial charge in [0, 0.05) is 23.8 Å². The van der Waals surface area contributed by atoms with E-state index in [4.69, 9.17) is 14.4 Å². The normalized spacial score (nSPS) is 47.4. The maximum absolute atomic E-state index is 12.3. The first-order valence-corrected chi connectivity index (χ1v) is 15.1. The van der Waals surface area contributed by atoms with E-state index in [0.717, 1.165) is 12.8 Å². The van der Waals surface area contributed by atoms with Crippen LogP contribution in [-0.4, -0.2) is 54.0 Å². The van der Waals surface area contributed by atoms with E-state index in [1.807, 2.05) is 13.8 Å². The molecule has 2 bridgehead atoms.